The molecule has 0 N–H and O–H groups in total. The fourth-order valence-corrected chi connectivity index (χ4v) is 3.69. The van der Waals surface area contributed by atoms with Crippen LogP contribution in [-0.2, 0) is 9.59 Å². The van der Waals surface area contributed by atoms with Crippen LogP contribution in [0.15, 0.2) is 53.4 Å². The van der Waals surface area contributed by atoms with E-state index in [0.29, 0.717) is 11.4 Å². The number of hydrogen-bond acceptors (Lipinski definition) is 4. The van der Waals surface area contributed by atoms with Gasteiger partial charge in [-0.25, -0.2) is 4.90 Å². The number of carbonyl (C=O) groups is 2. The number of benzene rings is 2. The highest BCUT2D eigenvalue weighted by Gasteiger charge is 2.40. The van der Waals surface area contributed by atoms with Crippen molar-refractivity contribution in [1.29, 1.82) is 0 Å². The number of hydrogen-bond donors (Lipinski definition) is 0. The highest BCUT2D eigenvalue weighted by Crippen LogP contribution is 2.37. The van der Waals surface area contributed by atoms with Crippen LogP contribution in [0, 0.1) is 6.92 Å². The molecule has 4 nitrogen and oxygen atoms in total. The van der Waals surface area contributed by atoms with Crippen LogP contribution in [0.4, 0.5) is 5.69 Å². The highest BCUT2D eigenvalue weighted by atomic mass is 32.2. The van der Waals surface area contributed by atoms with Crippen molar-refractivity contribution in [2.75, 3.05) is 12.0 Å². The molecule has 0 aromatic heterocycles. The minimum Gasteiger partial charge on any atom is -0.496 e. The number of nitrogens with zero attached hydrogens (tertiary/aromatic N) is 1. The van der Waals surface area contributed by atoms with Crippen LogP contribution < -0.4 is 9.64 Å². The molecule has 1 unspecified atom stereocenters. The maximum Gasteiger partial charge on any atom is 0.247 e. The Morgan fingerprint density at radius 1 is 1.09 bits per heavy atom. The average molecular weight is 327 g/mol. The molecule has 1 heterocycles. The van der Waals surface area contributed by atoms with E-state index in [9.17, 15) is 9.59 Å². The maximum atomic E-state index is 12.6. The third kappa shape index (κ3) is 3.10. The molecule has 1 aliphatic heterocycles. The summed E-state index contributed by atoms with van der Waals surface area (Å²) in [5.41, 5.74) is 1.72. The SMILES string of the molecule is COc1ccccc1SC1CC(=O)N(c2ccc(C)cc2)C1=O. The Morgan fingerprint density at radius 3 is 2.48 bits per heavy atom. The minimum absolute atomic E-state index is 0.161. The molecule has 1 fully saturated rings. The maximum absolute atomic E-state index is 12.6. The van der Waals surface area contributed by atoms with E-state index in [1.807, 2.05) is 43.3 Å². The molecule has 1 saturated heterocycles. The van der Waals surface area contributed by atoms with Gasteiger partial charge in [0.05, 0.1) is 22.9 Å². The summed E-state index contributed by atoms with van der Waals surface area (Å²) in [4.78, 5) is 27.1. The molecule has 2 amide bonds. The first-order valence-corrected chi connectivity index (χ1v) is 8.21. The van der Waals surface area contributed by atoms with Crippen molar-refractivity contribution in [3.8, 4) is 5.75 Å². The van der Waals surface area contributed by atoms with Gasteiger partial charge in [-0.05, 0) is 31.2 Å². The van der Waals surface area contributed by atoms with Gasteiger partial charge in [-0.2, -0.15) is 0 Å². The van der Waals surface area contributed by atoms with Gasteiger partial charge in [0, 0.05) is 6.42 Å². The molecular weight excluding hydrogens is 310 g/mol. The van der Waals surface area contributed by atoms with Crippen molar-refractivity contribution >= 4 is 29.3 Å². The van der Waals surface area contributed by atoms with Gasteiger partial charge in [0.25, 0.3) is 0 Å². The number of thioether (sulfide) groups is 1. The first kappa shape index (κ1) is 15.6. The van der Waals surface area contributed by atoms with E-state index in [4.69, 9.17) is 4.74 Å². The van der Waals surface area contributed by atoms with E-state index in [2.05, 4.69) is 0 Å². The summed E-state index contributed by atoms with van der Waals surface area (Å²) in [6.07, 6.45) is 0.204. The van der Waals surface area contributed by atoms with Crippen LogP contribution in [0.25, 0.3) is 0 Å². The predicted molar refractivity (Wildman–Crippen MR) is 90.9 cm³/mol. The number of anilines is 1. The molecule has 5 heteroatoms. The molecule has 0 aliphatic carbocycles. The van der Waals surface area contributed by atoms with E-state index in [1.54, 1.807) is 19.2 Å². The molecule has 118 valence electrons. The summed E-state index contributed by atoms with van der Waals surface area (Å²) in [7, 11) is 1.60. The lowest BCUT2D eigenvalue weighted by molar-refractivity contribution is -0.121. The second kappa shape index (κ2) is 6.46. The second-order valence-corrected chi connectivity index (χ2v) is 6.61. The topological polar surface area (TPSA) is 46.6 Å². The Kier molecular flexibility index (Phi) is 4.39. The number of carbonyl (C=O) groups excluding carboxylic acids is 2. The average Bonchev–Trinajstić information content (AvgIpc) is 2.83. The molecule has 1 aliphatic rings. The molecule has 0 bridgehead atoms. The summed E-state index contributed by atoms with van der Waals surface area (Å²) >= 11 is 1.38. The summed E-state index contributed by atoms with van der Waals surface area (Å²) in [6, 6.07) is 14.9. The van der Waals surface area contributed by atoms with Crippen LogP contribution in [0.5, 0.6) is 5.75 Å². The molecule has 1 atom stereocenters. The number of rotatable bonds is 4. The molecule has 0 radical (unpaired) electrons. The fraction of sp³-hybridized carbons (Fsp3) is 0.222. The van der Waals surface area contributed by atoms with Crippen LogP contribution in [0.3, 0.4) is 0 Å². The van der Waals surface area contributed by atoms with Gasteiger partial charge < -0.3 is 4.74 Å². The Hall–Kier alpha value is -2.27. The number of methoxy groups -OCH3 is 1. The van der Waals surface area contributed by atoms with Gasteiger partial charge in [-0.3, -0.25) is 9.59 Å². The van der Waals surface area contributed by atoms with E-state index in [0.717, 1.165) is 10.5 Å². The van der Waals surface area contributed by atoms with Crippen LogP contribution >= 0.6 is 11.8 Å². The van der Waals surface area contributed by atoms with Crippen LogP contribution in [-0.4, -0.2) is 24.2 Å². The first-order valence-electron chi connectivity index (χ1n) is 7.33. The van der Waals surface area contributed by atoms with Gasteiger partial charge in [-0.15, -0.1) is 11.8 Å². The number of ether oxygens (including phenoxy) is 1. The van der Waals surface area contributed by atoms with Gasteiger partial charge in [-0.1, -0.05) is 29.8 Å². The Morgan fingerprint density at radius 2 is 1.78 bits per heavy atom. The van der Waals surface area contributed by atoms with Crippen molar-refractivity contribution in [1.82, 2.24) is 0 Å². The molecule has 23 heavy (non-hydrogen) atoms. The molecule has 3 rings (SSSR count). The fourth-order valence-electron chi connectivity index (χ4n) is 2.53. The van der Waals surface area contributed by atoms with Crippen molar-refractivity contribution in [2.24, 2.45) is 0 Å². The zero-order valence-electron chi connectivity index (χ0n) is 13.0. The van der Waals surface area contributed by atoms with Crippen molar-refractivity contribution < 1.29 is 14.3 Å². The normalized spacial score (nSPS) is 17.7. The Balaban J connectivity index is 1.82. The monoisotopic (exact) mass is 327 g/mol. The largest absolute Gasteiger partial charge is 0.496 e. The second-order valence-electron chi connectivity index (χ2n) is 5.36. The predicted octanol–water partition coefficient (Wildman–Crippen LogP) is 3.43. The van der Waals surface area contributed by atoms with E-state index >= 15 is 0 Å². The Bertz CT molecular complexity index is 742. The first-order chi connectivity index (χ1) is 11.1. The van der Waals surface area contributed by atoms with E-state index in [-0.39, 0.29) is 18.2 Å². The summed E-state index contributed by atoms with van der Waals surface area (Å²) in [6.45, 7) is 1.97. The Labute approximate surface area is 139 Å². The van der Waals surface area contributed by atoms with E-state index < -0.39 is 5.25 Å². The molecule has 0 spiro atoms. The molecular formula is C18H17NO3S. The molecule has 2 aromatic rings. The van der Waals surface area contributed by atoms with Crippen molar-refractivity contribution in [3.05, 3.63) is 54.1 Å². The quantitative estimate of drug-likeness (QED) is 0.807. The van der Waals surface area contributed by atoms with Gasteiger partial charge >= 0.3 is 0 Å². The van der Waals surface area contributed by atoms with Crippen LogP contribution in [0.1, 0.15) is 12.0 Å². The molecule has 0 saturated carbocycles. The van der Waals surface area contributed by atoms with E-state index in [1.165, 1.54) is 16.7 Å². The third-order valence-corrected chi connectivity index (χ3v) is 4.98. The number of amides is 2. The minimum atomic E-state index is -0.417. The van der Waals surface area contributed by atoms with Gasteiger partial charge in [0.15, 0.2) is 0 Å². The lowest BCUT2D eigenvalue weighted by atomic mass is 10.2. The number of imide groups is 1. The van der Waals surface area contributed by atoms with Crippen molar-refractivity contribution in [3.63, 3.8) is 0 Å². The lowest BCUT2D eigenvalue weighted by Gasteiger charge is -2.15. The third-order valence-electron chi connectivity index (χ3n) is 3.74. The number of para-hydroxylation sites is 1. The van der Waals surface area contributed by atoms with Gasteiger partial charge in [0.1, 0.15) is 5.75 Å². The lowest BCUT2D eigenvalue weighted by Crippen LogP contribution is -2.31. The zero-order valence-corrected chi connectivity index (χ0v) is 13.8. The smallest absolute Gasteiger partial charge is 0.247 e. The summed E-state index contributed by atoms with van der Waals surface area (Å²) in [5.74, 6) is 0.382. The van der Waals surface area contributed by atoms with Crippen molar-refractivity contribution in [2.45, 2.75) is 23.5 Å². The molecule has 2 aromatic carbocycles. The summed E-state index contributed by atoms with van der Waals surface area (Å²) in [5, 5.41) is -0.417. The van der Waals surface area contributed by atoms with Crippen LogP contribution in [0.2, 0.25) is 0 Å². The summed E-state index contributed by atoms with van der Waals surface area (Å²) < 4.78 is 5.31. The highest BCUT2D eigenvalue weighted by molar-refractivity contribution is 8.00. The standard InChI is InChI=1S/C18H17NO3S/c1-12-7-9-13(10-8-12)19-17(20)11-16(18(19)21)23-15-6-4-3-5-14(15)22-2/h3-10,16H,11H2,1-2H3. The van der Waals surface area contributed by atoms with Gasteiger partial charge in [0.2, 0.25) is 11.8 Å². The zero-order chi connectivity index (χ0) is 16.4. The number of aryl methyl sites for hydroxylation is 1.